The van der Waals surface area contributed by atoms with E-state index in [0.29, 0.717) is 33.9 Å². The Kier molecular flexibility index (Phi) is 5.78. The monoisotopic (exact) mass is 450 g/mol. The molecule has 3 aromatic rings. The molecule has 0 spiro atoms. The number of nitrogens with one attached hydrogen (secondary N) is 1. The normalized spacial score (nSPS) is 12.7. The maximum atomic E-state index is 12.5. The summed E-state index contributed by atoms with van der Waals surface area (Å²) in [5.41, 5.74) is 2.76. The minimum Gasteiger partial charge on any atom is -0.302 e. The Hall–Kier alpha value is -3.92. The zero-order valence-corrected chi connectivity index (χ0v) is 17.8. The summed E-state index contributed by atoms with van der Waals surface area (Å²) in [5, 5.41) is 15.7. The van der Waals surface area contributed by atoms with Gasteiger partial charge < -0.3 is 5.32 Å². The second kappa shape index (κ2) is 8.67. The van der Waals surface area contributed by atoms with Gasteiger partial charge in [0.25, 0.3) is 17.5 Å². The first kappa shape index (κ1) is 21.3. The van der Waals surface area contributed by atoms with Crippen LogP contribution in [0.5, 0.6) is 0 Å². The molecule has 1 aliphatic heterocycles. The first-order valence-electron chi connectivity index (χ1n) is 9.80. The second-order valence-electron chi connectivity index (χ2n) is 7.31. The van der Waals surface area contributed by atoms with Gasteiger partial charge in [-0.3, -0.25) is 29.4 Å². The lowest BCUT2D eigenvalue weighted by Gasteiger charge is -2.13. The first-order chi connectivity index (χ1) is 15.3. The number of thiazole rings is 1. The Bertz CT molecular complexity index is 1250. The van der Waals surface area contributed by atoms with Gasteiger partial charge in [-0.05, 0) is 25.5 Å². The average Bonchev–Trinajstić information content (AvgIpc) is 3.32. The summed E-state index contributed by atoms with van der Waals surface area (Å²) in [6.45, 7) is 2.00. The van der Waals surface area contributed by atoms with Crippen LogP contribution in [0.15, 0.2) is 47.8 Å². The van der Waals surface area contributed by atoms with Gasteiger partial charge in [-0.2, -0.15) is 0 Å². The van der Waals surface area contributed by atoms with E-state index in [9.17, 15) is 24.5 Å². The van der Waals surface area contributed by atoms with Gasteiger partial charge in [-0.25, -0.2) is 4.98 Å². The maximum Gasteiger partial charge on any atom is 0.270 e. The summed E-state index contributed by atoms with van der Waals surface area (Å²) in [7, 11) is 0. The van der Waals surface area contributed by atoms with Gasteiger partial charge in [-0.15, -0.1) is 11.3 Å². The Morgan fingerprint density at radius 3 is 2.72 bits per heavy atom. The number of carbonyl (C=O) groups is 3. The van der Waals surface area contributed by atoms with Gasteiger partial charge in [-0.1, -0.05) is 23.8 Å². The molecular weight excluding hydrogens is 432 g/mol. The molecule has 0 aliphatic carbocycles. The van der Waals surface area contributed by atoms with Gasteiger partial charge >= 0.3 is 0 Å². The van der Waals surface area contributed by atoms with Crippen LogP contribution in [-0.2, 0) is 4.79 Å². The Balaban J connectivity index is 1.32. The summed E-state index contributed by atoms with van der Waals surface area (Å²) < 4.78 is 0. The number of amides is 3. The maximum absolute atomic E-state index is 12.5. The minimum atomic E-state index is -0.478. The standard InChI is InChI=1S/C22H18N4O5S/c1-13-7-8-16-17(10-13)21(29)25(20(16)28)9-3-6-19(27)24-22-23-18(12-32-22)14-4-2-5-15(11-14)26(30)31/h2,4-5,7-8,10-12H,3,6,9H2,1H3,(H,23,24,27). The lowest BCUT2D eigenvalue weighted by molar-refractivity contribution is -0.384. The predicted octanol–water partition coefficient (Wildman–Crippen LogP) is 4.04. The van der Waals surface area contributed by atoms with Gasteiger partial charge in [0.05, 0.1) is 21.7 Å². The van der Waals surface area contributed by atoms with Crippen molar-refractivity contribution in [3.63, 3.8) is 0 Å². The van der Waals surface area contributed by atoms with Crippen LogP contribution < -0.4 is 5.32 Å². The lowest BCUT2D eigenvalue weighted by Crippen LogP contribution is -2.31. The molecular formula is C22H18N4O5S. The SMILES string of the molecule is Cc1ccc2c(c1)C(=O)N(CCCC(=O)Nc1nc(-c3cccc([N+](=O)[O-])c3)cs1)C2=O. The van der Waals surface area contributed by atoms with Crippen molar-refractivity contribution in [1.82, 2.24) is 9.88 Å². The van der Waals surface area contributed by atoms with E-state index in [4.69, 9.17) is 0 Å². The van der Waals surface area contributed by atoms with Gasteiger partial charge in [0, 0.05) is 36.0 Å². The number of carbonyl (C=O) groups excluding carboxylic acids is 3. The molecule has 0 radical (unpaired) electrons. The molecule has 162 valence electrons. The molecule has 4 rings (SSSR count). The molecule has 0 unspecified atom stereocenters. The van der Waals surface area contributed by atoms with Crippen molar-refractivity contribution in [3.8, 4) is 11.3 Å². The van der Waals surface area contributed by atoms with E-state index in [-0.39, 0.29) is 36.4 Å². The fourth-order valence-corrected chi connectivity index (χ4v) is 4.17. The number of hydrogen-bond donors (Lipinski definition) is 1. The highest BCUT2D eigenvalue weighted by Gasteiger charge is 2.34. The van der Waals surface area contributed by atoms with Gasteiger partial charge in [0.1, 0.15) is 0 Å². The van der Waals surface area contributed by atoms with E-state index in [1.54, 1.807) is 35.7 Å². The molecule has 10 heteroatoms. The number of hydrogen-bond acceptors (Lipinski definition) is 7. The van der Waals surface area contributed by atoms with E-state index < -0.39 is 4.92 Å². The van der Waals surface area contributed by atoms with E-state index in [2.05, 4.69) is 10.3 Å². The number of fused-ring (bicyclic) bond motifs is 1. The highest BCUT2D eigenvalue weighted by atomic mass is 32.1. The number of benzene rings is 2. The molecule has 1 N–H and O–H groups in total. The Labute approximate surface area is 186 Å². The van der Waals surface area contributed by atoms with Crippen LogP contribution in [0.4, 0.5) is 10.8 Å². The number of non-ortho nitro benzene ring substituents is 1. The van der Waals surface area contributed by atoms with Gasteiger partial charge in [0.15, 0.2) is 5.13 Å². The number of aromatic nitrogens is 1. The van der Waals surface area contributed by atoms with Crippen LogP contribution in [0.25, 0.3) is 11.3 Å². The molecule has 1 aromatic heterocycles. The van der Waals surface area contributed by atoms with E-state index in [1.165, 1.54) is 28.4 Å². The number of imide groups is 1. The Morgan fingerprint density at radius 2 is 1.94 bits per heavy atom. The fraction of sp³-hybridized carbons (Fsp3) is 0.182. The molecule has 2 aromatic carbocycles. The largest absolute Gasteiger partial charge is 0.302 e. The number of rotatable bonds is 7. The quantitative estimate of drug-likeness (QED) is 0.329. The zero-order valence-electron chi connectivity index (χ0n) is 17.0. The third kappa shape index (κ3) is 4.26. The van der Waals surface area contributed by atoms with Crippen molar-refractivity contribution in [2.75, 3.05) is 11.9 Å². The van der Waals surface area contributed by atoms with Crippen molar-refractivity contribution in [2.24, 2.45) is 0 Å². The molecule has 1 aliphatic rings. The van der Waals surface area contributed by atoms with Crippen LogP contribution >= 0.6 is 11.3 Å². The van der Waals surface area contributed by atoms with E-state index in [0.717, 1.165) is 5.56 Å². The van der Waals surface area contributed by atoms with Crippen molar-refractivity contribution >= 4 is 39.9 Å². The lowest BCUT2D eigenvalue weighted by atomic mass is 10.1. The third-order valence-electron chi connectivity index (χ3n) is 5.02. The molecule has 3 amide bonds. The molecule has 2 heterocycles. The van der Waals surface area contributed by atoms with Crippen LogP contribution in [-0.4, -0.2) is 39.1 Å². The molecule has 0 saturated heterocycles. The summed E-state index contributed by atoms with van der Waals surface area (Å²) in [5.74, 6) is -0.972. The predicted molar refractivity (Wildman–Crippen MR) is 119 cm³/mol. The molecule has 0 atom stereocenters. The fourth-order valence-electron chi connectivity index (χ4n) is 3.43. The smallest absolute Gasteiger partial charge is 0.270 e. The number of nitro groups is 1. The number of aryl methyl sites for hydroxylation is 1. The minimum absolute atomic E-state index is 0.0376. The van der Waals surface area contributed by atoms with E-state index >= 15 is 0 Å². The third-order valence-corrected chi connectivity index (χ3v) is 5.77. The summed E-state index contributed by atoms with van der Waals surface area (Å²) in [4.78, 5) is 53.1. The van der Waals surface area contributed by atoms with Crippen LogP contribution in [0.1, 0.15) is 39.1 Å². The Morgan fingerprint density at radius 1 is 1.16 bits per heavy atom. The van der Waals surface area contributed by atoms with Gasteiger partial charge in [0.2, 0.25) is 5.91 Å². The van der Waals surface area contributed by atoms with Crippen LogP contribution in [0.2, 0.25) is 0 Å². The molecule has 9 nitrogen and oxygen atoms in total. The zero-order chi connectivity index (χ0) is 22.8. The highest BCUT2D eigenvalue weighted by Crippen LogP contribution is 2.28. The van der Waals surface area contributed by atoms with Crippen molar-refractivity contribution in [3.05, 3.63) is 74.6 Å². The molecule has 32 heavy (non-hydrogen) atoms. The molecule has 0 fully saturated rings. The van der Waals surface area contributed by atoms with Crippen molar-refractivity contribution < 1.29 is 19.3 Å². The summed E-state index contributed by atoms with van der Waals surface area (Å²) >= 11 is 1.21. The number of nitro benzene ring substituents is 1. The topological polar surface area (TPSA) is 123 Å². The average molecular weight is 450 g/mol. The van der Waals surface area contributed by atoms with Crippen molar-refractivity contribution in [1.29, 1.82) is 0 Å². The highest BCUT2D eigenvalue weighted by molar-refractivity contribution is 7.14. The number of anilines is 1. The summed E-state index contributed by atoms with van der Waals surface area (Å²) in [6.07, 6.45) is 0.428. The van der Waals surface area contributed by atoms with E-state index in [1.807, 2.05) is 6.92 Å². The van der Waals surface area contributed by atoms with Crippen LogP contribution in [0, 0.1) is 17.0 Å². The number of nitrogens with zero attached hydrogens (tertiary/aromatic N) is 3. The second-order valence-corrected chi connectivity index (χ2v) is 8.17. The molecule has 0 saturated carbocycles. The summed E-state index contributed by atoms with van der Waals surface area (Å²) in [6, 6.07) is 11.2. The first-order valence-corrected chi connectivity index (χ1v) is 10.7. The molecule has 0 bridgehead atoms. The van der Waals surface area contributed by atoms with Crippen LogP contribution in [0.3, 0.4) is 0 Å². The van der Waals surface area contributed by atoms with Crippen molar-refractivity contribution in [2.45, 2.75) is 19.8 Å².